The van der Waals surface area contributed by atoms with Crippen molar-refractivity contribution < 1.29 is 4.79 Å². The summed E-state index contributed by atoms with van der Waals surface area (Å²) in [6, 6.07) is 5.81. The van der Waals surface area contributed by atoms with Gasteiger partial charge in [-0.25, -0.2) is 0 Å². The molecule has 76 valence electrons. The van der Waals surface area contributed by atoms with Crippen molar-refractivity contribution in [3.05, 3.63) is 29.3 Å². The zero-order chi connectivity index (χ0) is 10.6. The topological polar surface area (TPSA) is 17.1 Å². The van der Waals surface area contributed by atoms with Crippen LogP contribution in [-0.2, 0) is 5.88 Å². The predicted molar refractivity (Wildman–Crippen MR) is 62.4 cm³/mol. The van der Waals surface area contributed by atoms with E-state index in [1.165, 1.54) is 0 Å². The van der Waals surface area contributed by atoms with E-state index in [-0.39, 0.29) is 5.78 Å². The lowest BCUT2D eigenvalue weighted by atomic mass is 10.1. The van der Waals surface area contributed by atoms with Gasteiger partial charge in [-0.15, -0.1) is 23.4 Å². The van der Waals surface area contributed by atoms with Crippen LogP contribution < -0.4 is 0 Å². The van der Waals surface area contributed by atoms with E-state index in [1.807, 2.05) is 31.4 Å². The Hall–Kier alpha value is -0.470. The molecule has 1 aromatic rings. The van der Waals surface area contributed by atoms with Gasteiger partial charge in [0.15, 0.2) is 5.78 Å². The first-order valence-corrected chi connectivity index (χ1v) is 6.24. The molecule has 1 nitrogen and oxygen atoms in total. The van der Waals surface area contributed by atoms with Crippen molar-refractivity contribution in [2.45, 2.75) is 24.1 Å². The fourth-order valence-corrected chi connectivity index (χ4v) is 1.89. The molecule has 0 heterocycles. The minimum atomic E-state index is 0.173. The van der Waals surface area contributed by atoms with Gasteiger partial charge in [0.25, 0.3) is 0 Å². The molecule has 0 saturated carbocycles. The van der Waals surface area contributed by atoms with Crippen molar-refractivity contribution in [2.75, 3.05) is 6.26 Å². The van der Waals surface area contributed by atoms with Crippen molar-refractivity contribution >= 4 is 29.1 Å². The lowest BCUT2D eigenvalue weighted by Gasteiger charge is -2.04. The molecule has 14 heavy (non-hydrogen) atoms. The van der Waals surface area contributed by atoms with Crippen LogP contribution in [0.25, 0.3) is 0 Å². The molecule has 3 heteroatoms. The van der Waals surface area contributed by atoms with E-state index in [2.05, 4.69) is 0 Å². The Bertz CT molecular complexity index is 314. The molecule has 0 saturated heterocycles. The molecule has 1 aromatic carbocycles. The quantitative estimate of drug-likeness (QED) is 0.444. The Morgan fingerprint density at radius 2 is 2.14 bits per heavy atom. The summed E-state index contributed by atoms with van der Waals surface area (Å²) in [7, 11) is 0. The van der Waals surface area contributed by atoms with Crippen LogP contribution in [0.1, 0.15) is 29.3 Å². The predicted octanol–water partition coefficient (Wildman–Crippen LogP) is 3.74. The molecule has 0 bridgehead atoms. The Balaban J connectivity index is 3.10. The summed E-state index contributed by atoms with van der Waals surface area (Å²) in [4.78, 5) is 12.6. The molecule has 0 atom stereocenters. The number of ketones is 1. The van der Waals surface area contributed by atoms with Crippen LogP contribution in [0, 0.1) is 0 Å². The average Bonchev–Trinajstić information content (AvgIpc) is 2.27. The lowest BCUT2D eigenvalue weighted by molar-refractivity contribution is 0.0988. The molecular formula is C11H13ClOS. The number of benzene rings is 1. The molecule has 0 N–H and O–H groups in total. The Morgan fingerprint density at radius 1 is 1.43 bits per heavy atom. The number of hydrogen-bond donors (Lipinski definition) is 0. The average molecular weight is 229 g/mol. The number of thioether (sulfide) groups is 1. The molecule has 1 rings (SSSR count). The molecule has 0 aromatic heterocycles. The molecular weight excluding hydrogens is 216 g/mol. The van der Waals surface area contributed by atoms with Gasteiger partial charge >= 0.3 is 0 Å². The summed E-state index contributed by atoms with van der Waals surface area (Å²) in [5.74, 6) is 0.630. The normalized spacial score (nSPS) is 10.2. The van der Waals surface area contributed by atoms with Gasteiger partial charge in [-0.05, 0) is 30.0 Å². The zero-order valence-electron chi connectivity index (χ0n) is 8.34. The van der Waals surface area contributed by atoms with E-state index >= 15 is 0 Å². The van der Waals surface area contributed by atoms with Crippen LogP contribution in [-0.4, -0.2) is 12.0 Å². The summed E-state index contributed by atoms with van der Waals surface area (Å²) < 4.78 is 0. The zero-order valence-corrected chi connectivity index (χ0v) is 9.91. The second kappa shape index (κ2) is 5.42. The van der Waals surface area contributed by atoms with Crippen molar-refractivity contribution in [1.82, 2.24) is 0 Å². The minimum absolute atomic E-state index is 0.173. The van der Waals surface area contributed by atoms with E-state index in [0.717, 1.165) is 16.0 Å². The number of hydrogen-bond acceptors (Lipinski definition) is 2. The third-order valence-corrected chi connectivity index (χ3v) is 3.02. The first-order chi connectivity index (χ1) is 6.71. The van der Waals surface area contributed by atoms with Crippen molar-refractivity contribution in [3.8, 4) is 0 Å². The molecule has 0 fully saturated rings. The maximum atomic E-state index is 11.5. The van der Waals surface area contributed by atoms with Gasteiger partial charge < -0.3 is 0 Å². The Morgan fingerprint density at radius 3 is 2.64 bits per heavy atom. The Kier molecular flexibility index (Phi) is 4.49. The number of rotatable bonds is 4. The van der Waals surface area contributed by atoms with Crippen LogP contribution in [0.5, 0.6) is 0 Å². The van der Waals surface area contributed by atoms with E-state index in [9.17, 15) is 4.79 Å². The summed E-state index contributed by atoms with van der Waals surface area (Å²) in [5, 5.41) is 0. The summed E-state index contributed by atoms with van der Waals surface area (Å²) in [5.41, 5.74) is 1.78. The van der Waals surface area contributed by atoms with Crippen molar-refractivity contribution in [1.29, 1.82) is 0 Å². The Labute approximate surface area is 93.8 Å². The fraction of sp³-hybridized carbons (Fsp3) is 0.364. The van der Waals surface area contributed by atoms with Gasteiger partial charge in [0.2, 0.25) is 0 Å². The monoisotopic (exact) mass is 228 g/mol. The molecule has 0 aliphatic rings. The number of carbonyl (C=O) groups is 1. The first kappa shape index (κ1) is 11.6. The minimum Gasteiger partial charge on any atom is -0.294 e. The molecule has 0 unspecified atom stereocenters. The van der Waals surface area contributed by atoms with Crippen LogP contribution in [0.2, 0.25) is 0 Å². The highest BCUT2D eigenvalue weighted by molar-refractivity contribution is 7.98. The van der Waals surface area contributed by atoms with Crippen LogP contribution in [0.15, 0.2) is 23.1 Å². The van der Waals surface area contributed by atoms with E-state index in [4.69, 9.17) is 11.6 Å². The molecule has 0 spiro atoms. The van der Waals surface area contributed by atoms with E-state index in [1.54, 1.807) is 11.8 Å². The highest BCUT2D eigenvalue weighted by Gasteiger charge is 2.06. The molecule has 0 aliphatic carbocycles. The molecule has 0 aliphatic heterocycles. The highest BCUT2D eigenvalue weighted by Crippen LogP contribution is 2.21. The fourth-order valence-electron chi connectivity index (χ4n) is 1.22. The summed E-state index contributed by atoms with van der Waals surface area (Å²) in [6.45, 7) is 1.87. The van der Waals surface area contributed by atoms with Gasteiger partial charge in [0, 0.05) is 22.8 Å². The smallest absolute Gasteiger partial charge is 0.162 e. The largest absolute Gasteiger partial charge is 0.294 e. The van der Waals surface area contributed by atoms with Gasteiger partial charge in [-0.3, -0.25) is 4.79 Å². The maximum Gasteiger partial charge on any atom is 0.162 e. The van der Waals surface area contributed by atoms with Crippen molar-refractivity contribution in [3.63, 3.8) is 0 Å². The highest BCUT2D eigenvalue weighted by atomic mass is 35.5. The van der Waals surface area contributed by atoms with Crippen LogP contribution in [0.3, 0.4) is 0 Å². The third-order valence-electron chi connectivity index (χ3n) is 2.00. The number of Topliss-reactive ketones (excluding diaryl/α,β-unsaturated/α-hetero) is 1. The van der Waals surface area contributed by atoms with Crippen LogP contribution >= 0.6 is 23.4 Å². The summed E-state index contributed by atoms with van der Waals surface area (Å²) in [6.07, 6.45) is 2.53. The maximum absolute atomic E-state index is 11.5. The van der Waals surface area contributed by atoms with Gasteiger partial charge in [-0.1, -0.05) is 6.92 Å². The van der Waals surface area contributed by atoms with E-state index in [0.29, 0.717) is 12.3 Å². The van der Waals surface area contributed by atoms with Gasteiger partial charge in [-0.2, -0.15) is 0 Å². The standard InChI is InChI=1S/C11H13ClOS/c1-3-11(13)9-4-8(7-12)5-10(6-9)14-2/h4-6H,3,7H2,1-2H3. The second-order valence-corrected chi connectivity index (χ2v) is 4.13. The van der Waals surface area contributed by atoms with Crippen LogP contribution in [0.4, 0.5) is 0 Å². The molecule has 0 amide bonds. The lowest BCUT2D eigenvalue weighted by Crippen LogP contribution is -1.97. The van der Waals surface area contributed by atoms with Crippen molar-refractivity contribution in [2.24, 2.45) is 0 Å². The SMILES string of the molecule is CCC(=O)c1cc(CCl)cc(SC)c1. The van der Waals surface area contributed by atoms with Gasteiger partial charge in [0.05, 0.1) is 0 Å². The number of alkyl halides is 1. The van der Waals surface area contributed by atoms with E-state index < -0.39 is 0 Å². The molecule has 0 radical (unpaired) electrons. The number of carbonyl (C=O) groups excluding carboxylic acids is 1. The second-order valence-electron chi connectivity index (χ2n) is 2.98. The first-order valence-electron chi connectivity index (χ1n) is 4.48. The number of halogens is 1. The van der Waals surface area contributed by atoms with Gasteiger partial charge in [0.1, 0.15) is 0 Å². The summed E-state index contributed by atoms with van der Waals surface area (Å²) >= 11 is 7.38. The third kappa shape index (κ3) is 2.76.